The average molecular weight is 283 g/mol. The van der Waals surface area contributed by atoms with Gasteiger partial charge in [-0.1, -0.05) is 0 Å². The van der Waals surface area contributed by atoms with Crippen molar-refractivity contribution in [3.63, 3.8) is 0 Å². The van der Waals surface area contributed by atoms with Crippen LogP contribution in [0.5, 0.6) is 0 Å². The highest BCUT2D eigenvalue weighted by Gasteiger charge is 2.38. The number of carbonyl (C=O) groups is 1. The zero-order valence-corrected chi connectivity index (χ0v) is 11.6. The van der Waals surface area contributed by atoms with E-state index in [9.17, 15) is 4.79 Å². The standard InChI is InChI=1S/C15H17N5O/c21-15(20-8-12-5-17-6-13(12)9-20)11-1-2-14(18-7-11)19-4-3-16-10-19/h1-4,7,10,12-13,17H,5-6,8-9H2/t12-,13+. The maximum Gasteiger partial charge on any atom is 0.255 e. The molecule has 4 rings (SSSR count). The molecule has 0 saturated carbocycles. The van der Waals surface area contributed by atoms with Crippen molar-refractivity contribution in [3.8, 4) is 5.82 Å². The van der Waals surface area contributed by atoms with Crippen molar-refractivity contribution in [2.24, 2.45) is 11.8 Å². The molecule has 21 heavy (non-hydrogen) atoms. The van der Waals surface area contributed by atoms with E-state index in [0.717, 1.165) is 32.0 Å². The normalized spacial score (nSPS) is 24.3. The molecule has 6 heteroatoms. The average Bonchev–Trinajstić information content (AvgIpc) is 3.23. The number of hydrogen-bond acceptors (Lipinski definition) is 4. The lowest BCUT2D eigenvalue weighted by Gasteiger charge is -2.17. The molecule has 108 valence electrons. The van der Waals surface area contributed by atoms with E-state index in [-0.39, 0.29) is 5.91 Å². The van der Waals surface area contributed by atoms with Crippen LogP contribution in [-0.4, -0.2) is 51.5 Å². The van der Waals surface area contributed by atoms with Gasteiger partial charge in [0.1, 0.15) is 12.1 Å². The molecule has 1 N–H and O–H groups in total. The predicted molar refractivity (Wildman–Crippen MR) is 77.1 cm³/mol. The monoisotopic (exact) mass is 283 g/mol. The highest BCUT2D eigenvalue weighted by atomic mass is 16.2. The summed E-state index contributed by atoms with van der Waals surface area (Å²) in [6, 6.07) is 3.70. The number of fused-ring (bicyclic) bond motifs is 1. The van der Waals surface area contributed by atoms with E-state index in [4.69, 9.17) is 0 Å². The van der Waals surface area contributed by atoms with Crippen molar-refractivity contribution in [3.05, 3.63) is 42.6 Å². The Morgan fingerprint density at radius 2 is 2.05 bits per heavy atom. The fraction of sp³-hybridized carbons (Fsp3) is 0.400. The molecule has 0 unspecified atom stereocenters. The minimum Gasteiger partial charge on any atom is -0.338 e. The summed E-state index contributed by atoms with van der Waals surface area (Å²) in [5, 5.41) is 3.39. The number of likely N-dealkylation sites (tertiary alicyclic amines) is 1. The number of hydrogen-bond donors (Lipinski definition) is 1. The summed E-state index contributed by atoms with van der Waals surface area (Å²) >= 11 is 0. The molecule has 0 spiro atoms. The zero-order chi connectivity index (χ0) is 14.2. The lowest BCUT2D eigenvalue weighted by molar-refractivity contribution is 0.0781. The SMILES string of the molecule is O=C(c1ccc(-n2ccnc2)nc1)N1C[C@H]2CNC[C@H]2C1. The van der Waals surface area contributed by atoms with Crippen LogP contribution >= 0.6 is 0 Å². The molecule has 2 atom stereocenters. The van der Waals surface area contributed by atoms with Gasteiger partial charge in [-0.2, -0.15) is 0 Å². The fourth-order valence-corrected chi connectivity index (χ4v) is 3.26. The third kappa shape index (κ3) is 2.21. The van der Waals surface area contributed by atoms with Crippen molar-refractivity contribution in [1.29, 1.82) is 0 Å². The van der Waals surface area contributed by atoms with Crippen LogP contribution in [0.4, 0.5) is 0 Å². The van der Waals surface area contributed by atoms with Crippen molar-refractivity contribution in [2.75, 3.05) is 26.2 Å². The third-order valence-corrected chi connectivity index (χ3v) is 4.44. The van der Waals surface area contributed by atoms with Gasteiger partial charge in [0, 0.05) is 44.8 Å². The van der Waals surface area contributed by atoms with Crippen LogP contribution in [0.25, 0.3) is 5.82 Å². The molecule has 4 heterocycles. The summed E-state index contributed by atoms with van der Waals surface area (Å²) in [7, 11) is 0. The van der Waals surface area contributed by atoms with Crippen molar-refractivity contribution >= 4 is 5.91 Å². The Morgan fingerprint density at radius 1 is 1.24 bits per heavy atom. The fourth-order valence-electron chi connectivity index (χ4n) is 3.26. The van der Waals surface area contributed by atoms with E-state index < -0.39 is 0 Å². The van der Waals surface area contributed by atoms with E-state index in [1.54, 1.807) is 18.7 Å². The summed E-state index contributed by atoms with van der Waals surface area (Å²) in [5.41, 5.74) is 0.659. The molecule has 2 saturated heterocycles. The van der Waals surface area contributed by atoms with Gasteiger partial charge in [0.2, 0.25) is 0 Å². The Labute approximate surface area is 122 Å². The number of pyridine rings is 1. The lowest BCUT2D eigenvalue weighted by atomic mass is 10.0. The summed E-state index contributed by atoms with van der Waals surface area (Å²) in [6.45, 7) is 3.79. The molecule has 0 radical (unpaired) electrons. The van der Waals surface area contributed by atoms with Gasteiger partial charge in [-0.25, -0.2) is 9.97 Å². The molecule has 1 amide bonds. The van der Waals surface area contributed by atoms with Crippen molar-refractivity contribution in [1.82, 2.24) is 24.8 Å². The number of imidazole rings is 1. The Balaban J connectivity index is 1.50. The second-order valence-corrected chi connectivity index (χ2v) is 5.76. The van der Waals surface area contributed by atoms with Crippen LogP contribution < -0.4 is 5.32 Å². The smallest absolute Gasteiger partial charge is 0.255 e. The minimum atomic E-state index is 0.0917. The molecule has 2 aromatic heterocycles. The van der Waals surface area contributed by atoms with Gasteiger partial charge in [-0.05, 0) is 24.0 Å². The second-order valence-electron chi connectivity index (χ2n) is 5.76. The number of carbonyl (C=O) groups excluding carboxylic acids is 1. The third-order valence-electron chi connectivity index (χ3n) is 4.44. The van der Waals surface area contributed by atoms with Crippen LogP contribution in [-0.2, 0) is 0 Å². The van der Waals surface area contributed by atoms with Crippen LogP contribution in [0.15, 0.2) is 37.1 Å². The quantitative estimate of drug-likeness (QED) is 0.874. The second kappa shape index (κ2) is 4.96. The largest absolute Gasteiger partial charge is 0.338 e. The number of rotatable bonds is 2. The van der Waals surface area contributed by atoms with Gasteiger partial charge in [-0.15, -0.1) is 0 Å². The summed E-state index contributed by atoms with van der Waals surface area (Å²) in [4.78, 5) is 22.8. The van der Waals surface area contributed by atoms with Gasteiger partial charge < -0.3 is 10.2 Å². The van der Waals surface area contributed by atoms with Crippen LogP contribution in [0, 0.1) is 11.8 Å². The van der Waals surface area contributed by atoms with E-state index in [1.807, 2.05) is 27.8 Å². The Hall–Kier alpha value is -2.21. The summed E-state index contributed by atoms with van der Waals surface area (Å²) in [6.07, 6.45) is 6.89. The van der Waals surface area contributed by atoms with Gasteiger partial charge in [0.25, 0.3) is 5.91 Å². The highest BCUT2D eigenvalue weighted by Crippen LogP contribution is 2.27. The molecule has 2 fully saturated rings. The van der Waals surface area contributed by atoms with Crippen LogP contribution in [0.1, 0.15) is 10.4 Å². The lowest BCUT2D eigenvalue weighted by Crippen LogP contribution is -2.31. The van der Waals surface area contributed by atoms with E-state index >= 15 is 0 Å². The number of aromatic nitrogens is 3. The molecule has 2 aliphatic heterocycles. The van der Waals surface area contributed by atoms with E-state index in [0.29, 0.717) is 17.4 Å². The van der Waals surface area contributed by atoms with Crippen molar-refractivity contribution < 1.29 is 4.79 Å². The van der Waals surface area contributed by atoms with E-state index in [1.165, 1.54) is 0 Å². The number of amides is 1. The van der Waals surface area contributed by atoms with Gasteiger partial charge in [0.15, 0.2) is 0 Å². The first kappa shape index (κ1) is 12.5. The summed E-state index contributed by atoms with van der Waals surface area (Å²) in [5.74, 6) is 2.10. The first-order valence-corrected chi connectivity index (χ1v) is 7.25. The first-order valence-electron chi connectivity index (χ1n) is 7.25. The number of nitrogens with zero attached hydrogens (tertiary/aromatic N) is 4. The first-order chi connectivity index (χ1) is 10.3. The zero-order valence-electron chi connectivity index (χ0n) is 11.6. The Bertz CT molecular complexity index is 625. The highest BCUT2D eigenvalue weighted by molar-refractivity contribution is 5.94. The summed E-state index contributed by atoms with van der Waals surface area (Å²) < 4.78 is 1.82. The topological polar surface area (TPSA) is 63.1 Å². The van der Waals surface area contributed by atoms with Crippen molar-refractivity contribution in [2.45, 2.75) is 0 Å². The van der Waals surface area contributed by atoms with Crippen LogP contribution in [0.3, 0.4) is 0 Å². The molecule has 0 aromatic carbocycles. The predicted octanol–water partition coefficient (Wildman–Crippen LogP) is 0.559. The Morgan fingerprint density at radius 3 is 2.67 bits per heavy atom. The Kier molecular flexibility index (Phi) is 2.96. The molecule has 6 nitrogen and oxygen atoms in total. The maximum atomic E-state index is 12.5. The van der Waals surface area contributed by atoms with Gasteiger partial charge in [0.05, 0.1) is 5.56 Å². The van der Waals surface area contributed by atoms with Crippen LogP contribution in [0.2, 0.25) is 0 Å². The molecule has 2 aromatic rings. The van der Waals surface area contributed by atoms with Gasteiger partial charge in [-0.3, -0.25) is 9.36 Å². The molecule has 0 bridgehead atoms. The number of nitrogens with one attached hydrogen (secondary N) is 1. The molecule has 0 aliphatic carbocycles. The van der Waals surface area contributed by atoms with E-state index in [2.05, 4.69) is 15.3 Å². The van der Waals surface area contributed by atoms with Gasteiger partial charge >= 0.3 is 0 Å². The maximum absolute atomic E-state index is 12.5. The molecular formula is C15H17N5O. The minimum absolute atomic E-state index is 0.0917. The molecular weight excluding hydrogens is 266 g/mol. The molecule has 2 aliphatic rings.